The summed E-state index contributed by atoms with van der Waals surface area (Å²) in [5, 5.41) is 9.80. The van der Waals surface area contributed by atoms with Gasteiger partial charge in [-0.15, -0.1) is 0 Å². The fourth-order valence-corrected chi connectivity index (χ4v) is 2.89. The Kier molecular flexibility index (Phi) is 4.11. The largest absolute Gasteiger partial charge is 0.503 e. The van der Waals surface area contributed by atoms with E-state index in [0.29, 0.717) is 11.5 Å². The van der Waals surface area contributed by atoms with Gasteiger partial charge in [0.2, 0.25) is 5.75 Å². The van der Waals surface area contributed by atoms with Gasteiger partial charge in [-0.1, -0.05) is 0 Å². The van der Waals surface area contributed by atoms with E-state index in [9.17, 15) is 5.11 Å². The minimum atomic E-state index is 0.142. The van der Waals surface area contributed by atoms with Gasteiger partial charge < -0.3 is 14.6 Å². The van der Waals surface area contributed by atoms with E-state index in [-0.39, 0.29) is 5.75 Å². The van der Waals surface area contributed by atoms with Gasteiger partial charge in [-0.3, -0.25) is 0 Å². The summed E-state index contributed by atoms with van der Waals surface area (Å²) in [5.74, 6) is 1.12. The van der Waals surface area contributed by atoms with Crippen molar-refractivity contribution in [3.05, 3.63) is 12.7 Å². The minimum Gasteiger partial charge on any atom is -0.503 e. The highest BCUT2D eigenvalue weighted by molar-refractivity contribution is 14.1. The molecule has 3 nitrogen and oxygen atoms in total. The molecule has 0 atom stereocenters. The van der Waals surface area contributed by atoms with E-state index in [4.69, 9.17) is 9.47 Å². The van der Waals surface area contributed by atoms with Crippen molar-refractivity contribution >= 4 is 45.2 Å². The number of aromatic hydroxyl groups is 1. The van der Waals surface area contributed by atoms with Crippen molar-refractivity contribution < 1.29 is 14.6 Å². The molecule has 1 rings (SSSR count). The predicted molar refractivity (Wildman–Crippen MR) is 71.4 cm³/mol. The highest BCUT2D eigenvalue weighted by atomic mass is 127. The Morgan fingerprint density at radius 2 is 1.50 bits per heavy atom. The lowest BCUT2D eigenvalue weighted by molar-refractivity contribution is 0.329. The predicted octanol–water partition coefficient (Wildman–Crippen LogP) is 2.93. The van der Waals surface area contributed by atoms with Gasteiger partial charge in [0.15, 0.2) is 11.5 Å². The number of ether oxygens (including phenoxy) is 2. The van der Waals surface area contributed by atoms with Gasteiger partial charge in [0.05, 0.1) is 21.4 Å². The first kappa shape index (κ1) is 12.2. The number of hydrogen-bond donors (Lipinski definition) is 1. The number of hydrogen-bond acceptors (Lipinski definition) is 3. The standard InChI is InChI=1S/C9H10I2O3/c1-4-5(10)7(12)9(14-3)8(13-2)6(4)11/h12H,1-3H3. The maximum absolute atomic E-state index is 9.80. The topological polar surface area (TPSA) is 38.7 Å². The normalized spacial score (nSPS) is 10.1. The lowest BCUT2D eigenvalue weighted by Crippen LogP contribution is -1.98. The van der Waals surface area contributed by atoms with Crippen LogP contribution in [-0.2, 0) is 0 Å². The molecule has 1 aromatic rings. The first-order chi connectivity index (χ1) is 6.54. The van der Waals surface area contributed by atoms with Crippen LogP contribution >= 0.6 is 45.2 Å². The van der Waals surface area contributed by atoms with Crippen molar-refractivity contribution in [1.29, 1.82) is 0 Å². The molecule has 0 radical (unpaired) electrons. The lowest BCUT2D eigenvalue weighted by Gasteiger charge is -2.14. The number of halogens is 2. The third-order valence-corrected chi connectivity index (χ3v) is 4.51. The molecule has 0 spiro atoms. The zero-order chi connectivity index (χ0) is 10.9. The number of phenols is 1. The van der Waals surface area contributed by atoms with Crippen LogP contribution in [0.1, 0.15) is 5.56 Å². The fourth-order valence-electron chi connectivity index (χ4n) is 1.12. The molecule has 0 fully saturated rings. The summed E-state index contributed by atoms with van der Waals surface area (Å²) in [4.78, 5) is 0. The van der Waals surface area contributed by atoms with E-state index in [2.05, 4.69) is 45.2 Å². The first-order valence-electron chi connectivity index (χ1n) is 3.83. The molecule has 0 saturated carbocycles. The van der Waals surface area contributed by atoms with E-state index in [1.54, 1.807) is 7.11 Å². The van der Waals surface area contributed by atoms with Crippen LogP contribution < -0.4 is 9.47 Å². The summed E-state index contributed by atoms with van der Waals surface area (Å²) in [6.45, 7) is 1.94. The highest BCUT2D eigenvalue weighted by Gasteiger charge is 2.20. The molecule has 14 heavy (non-hydrogen) atoms. The molecule has 0 saturated heterocycles. The van der Waals surface area contributed by atoms with Gasteiger partial charge in [0.25, 0.3) is 0 Å². The molecule has 0 bridgehead atoms. The quantitative estimate of drug-likeness (QED) is 0.749. The molecule has 1 N–H and O–H groups in total. The summed E-state index contributed by atoms with van der Waals surface area (Å²) in [7, 11) is 3.07. The van der Waals surface area contributed by atoms with E-state index >= 15 is 0 Å². The fraction of sp³-hybridized carbons (Fsp3) is 0.333. The van der Waals surface area contributed by atoms with Crippen molar-refractivity contribution in [2.45, 2.75) is 6.92 Å². The number of phenolic OH excluding ortho intramolecular Hbond substituents is 1. The lowest BCUT2D eigenvalue weighted by atomic mass is 10.2. The Morgan fingerprint density at radius 1 is 1.00 bits per heavy atom. The Balaban J connectivity index is 3.57. The van der Waals surface area contributed by atoms with E-state index < -0.39 is 0 Å². The molecular formula is C9H10I2O3. The van der Waals surface area contributed by atoms with Crippen LogP contribution in [0.15, 0.2) is 0 Å². The number of benzene rings is 1. The van der Waals surface area contributed by atoms with Gasteiger partial charge in [0.1, 0.15) is 0 Å². The van der Waals surface area contributed by atoms with Crippen molar-refractivity contribution in [2.24, 2.45) is 0 Å². The summed E-state index contributed by atoms with van der Waals surface area (Å²) in [6, 6.07) is 0. The van der Waals surface area contributed by atoms with Crippen molar-refractivity contribution in [2.75, 3.05) is 14.2 Å². The molecule has 0 aliphatic rings. The Morgan fingerprint density at radius 3 is 1.93 bits per heavy atom. The van der Waals surface area contributed by atoms with Crippen molar-refractivity contribution in [1.82, 2.24) is 0 Å². The Labute approximate surface area is 110 Å². The van der Waals surface area contributed by atoms with Gasteiger partial charge in [-0.2, -0.15) is 0 Å². The number of methoxy groups -OCH3 is 2. The third-order valence-electron chi connectivity index (χ3n) is 1.90. The third kappa shape index (κ3) is 1.88. The second-order valence-corrected chi connectivity index (χ2v) is 4.83. The molecule has 0 aliphatic heterocycles. The van der Waals surface area contributed by atoms with Crippen molar-refractivity contribution in [3.63, 3.8) is 0 Å². The molecule has 0 heterocycles. The zero-order valence-corrected chi connectivity index (χ0v) is 12.3. The Hall–Kier alpha value is 0.0800. The molecule has 0 aliphatic carbocycles. The summed E-state index contributed by atoms with van der Waals surface area (Å²) in [5.41, 5.74) is 1.00. The molecule has 5 heteroatoms. The molecule has 0 amide bonds. The van der Waals surface area contributed by atoms with Gasteiger partial charge in [-0.05, 0) is 57.7 Å². The van der Waals surface area contributed by atoms with Crippen molar-refractivity contribution in [3.8, 4) is 17.2 Å². The van der Waals surface area contributed by atoms with Crippen LogP contribution in [0, 0.1) is 14.1 Å². The van der Waals surface area contributed by atoms with Gasteiger partial charge in [0, 0.05) is 0 Å². The van der Waals surface area contributed by atoms with Crippen LogP contribution in [-0.4, -0.2) is 19.3 Å². The van der Waals surface area contributed by atoms with Crippen LogP contribution in [0.2, 0.25) is 0 Å². The van der Waals surface area contributed by atoms with Crippen LogP contribution in [0.3, 0.4) is 0 Å². The molecule has 0 unspecified atom stereocenters. The monoisotopic (exact) mass is 420 g/mol. The molecule has 1 aromatic carbocycles. The second-order valence-electron chi connectivity index (χ2n) is 2.67. The molecule has 78 valence electrons. The first-order valence-corrected chi connectivity index (χ1v) is 5.98. The summed E-state index contributed by atoms with van der Waals surface area (Å²) < 4.78 is 12.0. The minimum absolute atomic E-state index is 0.142. The number of rotatable bonds is 2. The van der Waals surface area contributed by atoms with E-state index in [0.717, 1.165) is 12.7 Å². The summed E-state index contributed by atoms with van der Waals surface area (Å²) >= 11 is 4.26. The molecular weight excluding hydrogens is 410 g/mol. The van der Waals surface area contributed by atoms with Gasteiger partial charge in [-0.25, -0.2) is 0 Å². The van der Waals surface area contributed by atoms with E-state index in [1.165, 1.54) is 7.11 Å². The average Bonchev–Trinajstić information content (AvgIpc) is 2.20. The second kappa shape index (κ2) is 4.73. The maximum atomic E-state index is 9.80. The maximum Gasteiger partial charge on any atom is 0.205 e. The van der Waals surface area contributed by atoms with Gasteiger partial charge >= 0.3 is 0 Å². The molecule has 0 aromatic heterocycles. The summed E-state index contributed by atoms with van der Waals surface area (Å²) in [6.07, 6.45) is 0. The average molecular weight is 420 g/mol. The van der Waals surface area contributed by atoms with Crippen LogP contribution in [0.25, 0.3) is 0 Å². The zero-order valence-electron chi connectivity index (χ0n) is 8.02. The Bertz CT molecular complexity index is 329. The highest BCUT2D eigenvalue weighted by Crippen LogP contribution is 2.45. The smallest absolute Gasteiger partial charge is 0.205 e. The van der Waals surface area contributed by atoms with Crippen LogP contribution in [0.4, 0.5) is 0 Å². The SMILES string of the molecule is COc1c(O)c(I)c(C)c(I)c1OC. The van der Waals surface area contributed by atoms with E-state index in [1.807, 2.05) is 6.92 Å². The van der Waals surface area contributed by atoms with Crippen LogP contribution in [0.5, 0.6) is 17.2 Å².